The zero-order chi connectivity index (χ0) is 24.8. The number of hydrogen-bond acceptors (Lipinski definition) is 0. The van der Waals surface area contributed by atoms with E-state index in [1.807, 2.05) is 0 Å². The normalized spacial score (nSPS) is 12.2. The van der Waals surface area contributed by atoms with Crippen LogP contribution in [0.2, 0.25) is 0 Å². The Morgan fingerprint density at radius 1 is 0.211 bits per heavy atom. The lowest BCUT2D eigenvalue weighted by Gasteiger charge is -2.12. The molecule has 0 aromatic heterocycles. The van der Waals surface area contributed by atoms with Crippen LogP contribution in [0.25, 0.3) is 86.9 Å². The van der Waals surface area contributed by atoms with Crippen LogP contribution in [0.4, 0.5) is 0 Å². The van der Waals surface area contributed by atoms with Crippen LogP contribution in [0.1, 0.15) is 0 Å². The van der Waals surface area contributed by atoms with Gasteiger partial charge in [-0.25, -0.2) is 0 Å². The predicted octanol–water partition coefficient (Wildman–Crippen LogP) is 10.8. The lowest BCUT2D eigenvalue weighted by atomic mass is 9.91. The van der Waals surface area contributed by atoms with Gasteiger partial charge in [0.2, 0.25) is 0 Å². The topological polar surface area (TPSA) is 0 Å². The van der Waals surface area contributed by atoms with Gasteiger partial charge in [-0.05, 0) is 93.0 Å². The average Bonchev–Trinajstić information content (AvgIpc) is 3.31. The van der Waals surface area contributed by atoms with Crippen LogP contribution in [0, 0.1) is 0 Å². The summed E-state index contributed by atoms with van der Waals surface area (Å²) in [4.78, 5) is 0. The Balaban J connectivity index is 0.000000117. The molecule has 1 aliphatic rings. The van der Waals surface area contributed by atoms with E-state index in [1.165, 1.54) is 86.9 Å². The highest BCUT2D eigenvalue weighted by Crippen LogP contribution is 2.51. The van der Waals surface area contributed by atoms with Gasteiger partial charge in [0.25, 0.3) is 0 Å². The zero-order valence-electron chi connectivity index (χ0n) is 20.7. The van der Waals surface area contributed by atoms with Gasteiger partial charge in [0.1, 0.15) is 0 Å². The Morgan fingerprint density at radius 2 is 0.605 bits per heavy atom. The highest BCUT2D eigenvalue weighted by Gasteiger charge is 2.23. The molecule has 0 nitrogen and oxygen atoms in total. The van der Waals surface area contributed by atoms with Crippen LogP contribution >= 0.6 is 0 Å². The van der Waals surface area contributed by atoms with Gasteiger partial charge in [0.15, 0.2) is 0 Å². The molecule has 0 atom stereocenters. The van der Waals surface area contributed by atoms with Gasteiger partial charge >= 0.3 is 0 Å². The monoisotopic (exact) mass is 478 g/mol. The summed E-state index contributed by atoms with van der Waals surface area (Å²) >= 11 is 0. The van der Waals surface area contributed by atoms with Crippen LogP contribution in [0.5, 0.6) is 0 Å². The van der Waals surface area contributed by atoms with E-state index in [0.717, 1.165) is 0 Å². The Kier molecular flexibility index (Phi) is 3.88. The minimum absolute atomic E-state index is 1.34. The third-order valence-electron chi connectivity index (χ3n) is 8.53. The largest absolute Gasteiger partial charge is 0.0616 e. The number of hydrogen-bond donors (Lipinski definition) is 0. The van der Waals surface area contributed by atoms with E-state index in [2.05, 4.69) is 133 Å². The molecule has 174 valence electrons. The van der Waals surface area contributed by atoms with Crippen molar-refractivity contribution in [3.63, 3.8) is 0 Å². The third-order valence-corrected chi connectivity index (χ3v) is 8.53. The molecule has 10 rings (SSSR count). The molecule has 0 amide bonds. The van der Waals surface area contributed by atoms with Crippen molar-refractivity contribution >= 4 is 64.6 Å². The van der Waals surface area contributed by atoms with Gasteiger partial charge in [-0.1, -0.05) is 127 Å². The van der Waals surface area contributed by atoms with E-state index in [9.17, 15) is 0 Å². The van der Waals surface area contributed by atoms with Gasteiger partial charge in [-0.15, -0.1) is 0 Å². The second kappa shape index (κ2) is 7.31. The SMILES string of the molecule is c1cc2ccc3cccc4ccc(c1)c2c34.c1ccc2c(c1)-c1ccc3ccc4cccc5cc-2c1c3c45. The van der Waals surface area contributed by atoms with Crippen LogP contribution in [-0.2, 0) is 0 Å². The smallest absolute Gasteiger partial charge is 0.00137 e. The first kappa shape index (κ1) is 20.2. The van der Waals surface area contributed by atoms with Gasteiger partial charge in [-0.2, -0.15) is 0 Å². The summed E-state index contributed by atoms with van der Waals surface area (Å²) in [5, 5.41) is 16.4. The van der Waals surface area contributed by atoms with E-state index in [-0.39, 0.29) is 0 Å². The van der Waals surface area contributed by atoms with Crippen molar-refractivity contribution in [2.75, 3.05) is 0 Å². The van der Waals surface area contributed by atoms with Gasteiger partial charge < -0.3 is 0 Å². The van der Waals surface area contributed by atoms with Crippen molar-refractivity contribution in [3.8, 4) is 22.3 Å². The van der Waals surface area contributed by atoms with Gasteiger partial charge in [-0.3, -0.25) is 0 Å². The van der Waals surface area contributed by atoms with Crippen molar-refractivity contribution in [3.05, 3.63) is 133 Å². The molecule has 0 N–H and O–H groups in total. The standard InChI is InChI=1S/C22H12.C16H10/c1-2-7-17-16(6-1)18-11-10-14-9-8-13-4-3-5-15-12-19(17)22(18)21(14)20(13)15;1-3-11-7-9-13-5-2-6-14-10-8-12(4-1)15(11)16(13)14/h1-12H;1-10H. The van der Waals surface area contributed by atoms with Crippen LogP contribution in [0.3, 0.4) is 0 Å². The molecule has 1 aliphatic carbocycles. The Morgan fingerprint density at radius 3 is 1.13 bits per heavy atom. The zero-order valence-corrected chi connectivity index (χ0v) is 20.7. The van der Waals surface area contributed by atoms with Gasteiger partial charge in [0.05, 0.1) is 0 Å². The Hall–Kier alpha value is -4.94. The fourth-order valence-corrected chi connectivity index (χ4v) is 6.91. The molecule has 0 aliphatic heterocycles. The second-order valence-corrected chi connectivity index (χ2v) is 10.5. The molecule has 0 bridgehead atoms. The summed E-state index contributed by atoms with van der Waals surface area (Å²) in [6.45, 7) is 0. The van der Waals surface area contributed by atoms with Crippen molar-refractivity contribution in [1.29, 1.82) is 0 Å². The molecule has 9 aromatic carbocycles. The van der Waals surface area contributed by atoms with Crippen molar-refractivity contribution in [2.24, 2.45) is 0 Å². The number of rotatable bonds is 0. The summed E-state index contributed by atoms with van der Waals surface area (Å²) in [7, 11) is 0. The number of fused-ring (bicyclic) bond motifs is 3. The Bertz CT molecular complexity index is 2210. The summed E-state index contributed by atoms with van der Waals surface area (Å²) in [6, 6.07) is 48.7. The maximum absolute atomic E-state index is 2.37. The van der Waals surface area contributed by atoms with Crippen molar-refractivity contribution < 1.29 is 0 Å². The minimum Gasteiger partial charge on any atom is -0.0616 e. The Labute approximate surface area is 220 Å². The van der Waals surface area contributed by atoms with Crippen LogP contribution in [-0.4, -0.2) is 0 Å². The fraction of sp³-hybridized carbons (Fsp3) is 0. The first-order valence-electron chi connectivity index (χ1n) is 13.3. The molecule has 0 spiro atoms. The molecule has 0 saturated carbocycles. The molecular formula is C38H22. The summed E-state index contributed by atoms with van der Waals surface area (Å²) in [5.41, 5.74) is 5.52. The maximum Gasteiger partial charge on any atom is -0.00137 e. The highest BCUT2D eigenvalue weighted by atomic mass is 14.3. The third kappa shape index (κ3) is 2.59. The first-order chi connectivity index (χ1) is 18.8. The molecule has 0 fully saturated rings. The number of benzene rings is 9. The highest BCUT2D eigenvalue weighted by molar-refractivity contribution is 6.31. The van der Waals surface area contributed by atoms with Crippen molar-refractivity contribution in [1.82, 2.24) is 0 Å². The lowest BCUT2D eigenvalue weighted by Crippen LogP contribution is -1.85. The fourth-order valence-electron chi connectivity index (χ4n) is 6.91. The van der Waals surface area contributed by atoms with Crippen LogP contribution < -0.4 is 0 Å². The summed E-state index contributed by atoms with van der Waals surface area (Å²) in [5.74, 6) is 0. The van der Waals surface area contributed by atoms with E-state index in [4.69, 9.17) is 0 Å². The quantitative estimate of drug-likeness (QED) is 0.190. The minimum atomic E-state index is 1.34. The predicted molar refractivity (Wildman–Crippen MR) is 165 cm³/mol. The molecular weight excluding hydrogens is 456 g/mol. The average molecular weight is 479 g/mol. The van der Waals surface area contributed by atoms with Crippen LogP contribution in [0.15, 0.2) is 133 Å². The van der Waals surface area contributed by atoms with E-state index in [0.29, 0.717) is 0 Å². The van der Waals surface area contributed by atoms with E-state index >= 15 is 0 Å². The lowest BCUT2D eigenvalue weighted by molar-refractivity contribution is 1.70. The first-order valence-corrected chi connectivity index (χ1v) is 13.3. The molecule has 0 heteroatoms. The molecule has 0 heterocycles. The molecule has 0 radical (unpaired) electrons. The van der Waals surface area contributed by atoms with Gasteiger partial charge in [0, 0.05) is 0 Å². The molecule has 38 heavy (non-hydrogen) atoms. The van der Waals surface area contributed by atoms with Crippen molar-refractivity contribution in [2.45, 2.75) is 0 Å². The van der Waals surface area contributed by atoms with E-state index in [1.54, 1.807) is 0 Å². The molecule has 0 unspecified atom stereocenters. The molecule has 0 saturated heterocycles. The molecule has 9 aromatic rings. The maximum atomic E-state index is 2.37. The summed E-state index contributed by atoms with van der Waals surface area (Å²) in [6.07, 6.45) is 0. The van der Waals surface area contributed by atoms with E-state index < -0.39 is 0 Å². The second-order valence-electron chi connectivity index (χ2n) is 10.5. The summed E-state index contributed by atoms with van der Waals surface area (Å²) < 4.78 is 0.